The van der Waals surface area contributed by atoms with Crippen LogP contribution in [0.25, 0.3) is 11.3 Å². The monoisotopic (exact) mass is 387 g/mol. The first-order valence-corrected chi connectivity index (χ1v) is 8.71. The van der Waals surface area contributed by atoms with Crippen LogP contribution in [0.4, 0.5) is 19.0 Å². The summed E-state index contributed by atoms with van der Waals surface area (Å²) in [6, 6.07) is 7.83. The molecule has 9 heteroatoms. The summed E-state index contributed by atoms with van der Waals surface area (Å²) in [4.78, 5) is 21.7. The lowest BCUT2D eigenvalue weighted by Crippen LogP contribution is -2.38. The third-order valence-electron chi connectivity index (χ3n) is 4.80. The molecule has 1 aliphatic heterocycles. The molecule has 4 rings (SSSR count). The summed E-state index contributed by atoms with van der Waals surface area (Å²) in [6.07, 6.45) is 0.909. The highest BCUT2D eigenvalue weighted by Gasteiger charge is 2.33. The third kappa shape index (κ3) is 3.60. The summed E-state index contributed by atoms with van der Waals surface area (Å²) in [7, 11) is 0. The average Bonchev–Trinajstić information content (AvgIpc) is 3.18. The van der Waals surface area contributed by atoms with E-state index in [4.69, 9.17) is 0 Å². The van der Waals surface area contributed by atoms with Gasteiger partial charge in [-0.2, -0.15) is 18.3 Å². The van der Waals surface area contributed by atoms with Gasteiger partial charge in [0.05, 0.1) is 5.69 Å². The molecule has 0 bridgehead atoms. The number of nitrogens with one attached hydrogen (secondary N) is 1. The van der Waals surface area contributed by atoms with E-state index in [0.717, 1.165) is 17.3 Å². The number of halogens is 3. The molecule has 0 aromatic carbocycles. The molecule has 3 aromatic rings. The molecule has 1 atom stereocenters. The number of carbonyl (C=O) groups is 1. The van der Waals surface area contributed by atoms with Crippen LogP contribution in [0.15, 0.2) is 48.9 Å². The van der Waals surface area contributed by atoms with Crippen molar-refractivity contribution in [3.8, 4) is 11.3 Å². The minimum Gasteiger partial charge on any atom is -0.295 e. The predicted molar refractivity (Wildman–Crippen MR) is 95.4 cm³/mol. The molecule has 0 saturated carbocycles. The molecule has 1 amide bonds. The van der Waals surface area contributed by atoms with Crippen LogP contribution < -0.4 is 4.90 Å². The van der Waals surface area contributed by atoms with E-state index in [1.807, 2.05) is 12.1 Å². The Balaban J connectivity index is 1.46. The number of nitrogens with zero attached hydrogens (tertiary/aromatic N) is 4. The molecule has 1 saturated heterocycles. The van der Waals surface area contributed by atoms with Crippen molar-refractivity contribution < 1.29 is 18.0 Å². The molecule has 0 radical (unpaired) electrons. The second-order valence-corrected chi connectivity index (χ2v) is 6.59. The van der Waals surface area contributed by atoms with E-state index in [-0.39, 0.29) is 18.2 Å². The quantitative estimate of drug-likeness (QED) is 0.742. The molecule has 1 unspecified atom stereocenters. The molecular formula is C19H16F3N5O. The van der Waals surface area contributed by atoms with Crippen molar-refractivity contribution in [2.45, 2.75) is 24.9 Å². The van der Waals surface area contributed by atoms with E-state index in [1.165, 1.54) is 12.3 Å². The number of amides is 1. The fourth-order valence-electron chi connectivity index (χ4n) is 3.30. The number of carbonyl (C=O) groups excluding carboxylic acids is 1. The van der Waals surface area contributed by atoms with Crippen molar-refractivity contribution in [3.05, 3.63) is 60.2 Å². The topological polar surface area (TPSA) is 74.8 Å². The van der Waals surface area contributed by atoms with Gasteiger partial charge in [0.15, 0.2) is 5.82 Å². The lowest BCUT2D eigenvalue weighted by molar-refractivity contribution is -0.141. The van der Waals surface area contributed by atoms with Crippen LogP contribution in [0.2, 0.25) is 0 Å². The van der Waals surface area contributed by atoms with Crippen LogP contribution in [0.1, 0.15) is 30.0 Å². The first kappa shape index (κ1) is 18.1. The van der Waals surface area contributed by atoms with Crippen molar-refractivity contribution in [1.82, 2.24) is 20.2 Å². The van der Waals surface area contributed by atoms with Crippen LogP contribution >= 0.6 is 0 Å². The molecule has 1 aliphatic rings. The highest BCUT2D eigenvalue weighted by Crippen LogP contribution is 2.33. The van der Waals surface area contributed by atoms with Crippen LogP contribution in [0.3, 0.4) is 0 Å². The Labute approximate surface area is 158 Å². The van der Waals surface area contributed by atoms with Gasteiger partial charge < -0.3 is 0 Å². The van der Waals surface area contributed by atoms with Gasteiger partial charge in [0, 0.05) is 43.2 Å². The Morgan fingerprint density at radius 2 is 1.93 bits per heavy atom. The average molecular weight is 387 g/mol. The molecule has 3 aromatic heterocycles. The second-order valence-electron chi connectivity index (χ2n) is 6.59. The third-order valence-corrected chi connectivity index (χ3v) is 4.80. The Hall–Kier alpha value is -3.23. The fourth-order valence-corrected chi connectivity index (χ4v) is 3.30. The van der Waals surface area contributed by atoms with Crippen LogP contribution in [0, 0.1) is 0 Å². The smallest absolute Gasteiger partial charge is 0.295 e. The molecule has 6 nitrogen and oxygen atoms in total. The van der Waals surface area contributed by atoms with Gasteiger partial charge in [-0.25, -0.2) is 0 Å². The zero-order valence-corrected chi connectivity index (χ0v) is 14.6. The highest BCUT2D eigenvalue weighted by atomic mass is 19.4. The molecule has 28 heavy (non-hydrogen) atoms. The molecule has 0 aliphatic carbocycles. The number of hydrogen-bond donors (Lipinski definition) is 1. The SMILES string of the molecule is O=C1CC(c2ccc(C(F)(F)F)nc2)CCN1c1cc(-c2ccncc2)[nH]n1. The van der Waals surface area contributed by atoms with Gasteiger partial charge in [-0.3, -0.25) is 24.8 Å². The number of aromatic amines is 1. The van der Waals surface area contributed by atoms with Crippen molar-refractivity contribution >= 4 is 11.7 Å². The summed E-state index contributed by atoms with van der Waals surface area (Å²) in [5.74, 6) is 0.252. The van der Waals surface area contributed by atoms with E-state index in [9.17, 15) is 18.0 Å². The van der Waals surface area contributed by atoms with Crippen LogP contribution in [0.5, 0.6) is 0 Å². The van der Waals surface area contributed by atoms with E-state index in [2.05, 4.69) is 20.2 Å². The van der Waals surface area contributed by atoms with Crippen molar-refractivity contribution in [3.63, 3.8) is 0 Å². The molecular weight excluding hydrogens is 371 g/mol. The molecule has 4 heterocycles. The minimum atomic E-state index is -4.47. The Kier molecular flexibility index (Phi) is 4.58. The molecule has 1 fully saturated rings. The van der Waals surface area contributed by atoms with Crippen LogP contribution in [-0.4, -0.2) is 32.6 Å². The summed E-state index contributed by atoms with van der Waals surface area (Å²) in [6.45, 7) is 0.436. The number of piperidine rings is 1. The maximum atomic E-state index is 12.7. The number of rotatable bonds is 3. The van der Waals surface area contributed by atoms with Gasteiger partial charge >= 0.3 is 6.18 Å². The summed E-state index contributed by atoms with van der Waals surface area (Å²) in [5.41, 5.74) is 1.40. The van der Waals surface area contributed by atoms with Gasteiger partial charge in [0.25, 0.3) is 0 Å². The van der Waals surface area contributed by atoms with E-state index in [1.54, 1.807) is 23.4 Å². The van der Waals surface area contributed by atoms with Crippen LogP contribution in [-0.2, 0) is 11.0 Å². The number of H-pyrrole nitrogens is 1. The first-order valence-electron chi connectivity index (χ1n) is 8.71. The number of hydrogen-bond acceptors (Lipinski definition) is 4. The first-order chi connectivity index (χ1) is 13.4. The molecule has 144 valence electrons. The second kappa shape index (κ2) is 7.06. The number of aromatic nitrogens is 4. The van der Waals surface area contributed by atoms with Crippen molar-refractivity contribution in [1.29, 1.82) is 0 Å². The van der Waals surface area contributed by atoms with E-state index >= 15 is 0 Å². The van der Waals surface area contributed by atoms with Gasteiger partial charge in [-0.15, -0.1) is 0 Å². The molecule has 1 N–H and O–H groups in total. The van der Waals surface area contributed by atoms with Gasteiger partial charge in [-0.1, -0.05) is 6.07 Å². The number of alkyl halides is 3. The highest BCUT2D eigenvalue weighted by molar-refractivity contribution is 5.94. The van der Waals surface area contributed by atoms with Crippen molar-refractivity contribution in [2.75, 3.05) is 11.4 Å². The largest absolute Gasteiger partial charge is 0.433 e. The Morgan fingerprint density at radius 3 is 2.57 bits per heavy atom. The normalized spacial score (nSPS) is 17.8. The van der Waals surface area contributed by atoms with E-state index in [0.29, 0.717) is 24.3 Å². The van der Waals surface area contributed by atoms with Gasteiger partial charge in [0.1, 0.15) is 5.69 Å². The summed E-state index contributed by atoms with van der Waals surface area (Å²) < 4.78 is 38.0. The standard InChI is InChI=1S/C19H16F3N5O/c20-19(21,22)16-2-1-14(11-24-16)13-5-8-27(18(28)9-13)17-10-15(25-26-17)12-3-6-23-7-4-12/h1-4,6-7,10-11,13H,5,8-9H2,(H,25,26). The lowest BCUT2D eigenvalue weighted by atomic mass is 9.90. The summed E-state index contributed by atoms with van der Waals surface area (Å²) in [5, 5.41) is 7.14. The minimum absolute atomic E-state index is 0.121. The maximum Gasteiger partial charge on any atom is 0.433 e. The number of anilines is 1. The maximum absolute atomic E-state index is 12.7. The van der Waals surface area contributed by atoms with Crippen molar-refractivity contribution in [2.24, 2.45) is 0 Å². The zero-order valence-electron chi connectivity index (χ0n) is 14.6. The Morgan fingerprint density at radius 1 is 1.14 bits per heavy atom. The Bertz CT molecular complexity index is 969. The predicted octanol–water partition coefficient (Wildman–Crippen LogP) is 3.80. The van der Waals surface area contributed by atoms with E-state index < -0.39 is 11.9 Å². The van der Waals surface area contributed by atoms with Gasteiger partial charge in [0.2, 0.25) is 5.91 Å². The van der Waals surface area contributed by atoms with Gasteiger partial charge in [-0.05, 0) is 36.1 Å². The summed E-state index contributed by atoms with van der Waals surface area (Å²) >= 11 is 0. The molecule has 0 spiro atoms. The fraction of sp³-hybridized carbons (Fsp3) is 0.263. The number of pyridine rings is 2. The zero-order chi connectivity index (χ0) is 19.7. The lowest BCUT2D eigenvalue weighted by Gasteiger charge is -2.30.